The van der Waals surface area contributed by atoms with Crippen LogP contribution in [0.25, 0.3) is 0 Å². The molecule has 0 aliphatic heterocycles. The third-order valence-corrected chi connectivity index (χ3v) is 6.14. The van der Waals surface area contributed by atoms with Crippen molar-refractivity contribution in [1.29, 1.82) is 0 Å². The maximum Gasteiger partial charge on any atom is 0.243 e. The van der Waals surface area contributed by atoms with Crippen molar-refractivity contribution in [3.8, 4) is 5.75 Å². The molecule has 0 bridgehead atoms. The van der Waals surface area contributed by atoms with E-state index in [1.54, 1.807) is 45.3 Å². The summed E-state index contributed by atoms with van der Waals surface area (Å²) in [7, 11) is -0.618. The van der Waals surface area contributed by atoms with Gasteiger partial charge in [0, 0.05) is 24.3 Å². The van der Waals surface area contributed by atoms with E-state index in [0.29, 0.717) is 16.5 Å². The van der Waals surface area contributed by atoms with Crippen LogP contribution in [-0.4, -0.2) is 45.9 Å². The molecular weight excluding hydrogens is 376 g/mol. The molecule has 26 heavy (non-hydrogen) atoms. The van der Waals surface area contributed by atoms with Crippen molar-refractivity contribution < 1.29 is 17.9 Å². The highest BCUT2D eigenvalue weighted by atomic mass is 35.5. The maximum atomic E-state index is 12.7. The van der Waals surface area contributed by atoms with Gasteiger partial charge < -0.3 is 9.64 Å². The monoisotopic (exact) mass is 396 g/mol. The van der Waals surface area contributed by atoms with E-state index in [2.05, 4.69) is 0 Å². The lowest BCUT2D eigenvalue weighted by molar-refractivity contribution is -0.118. The molecule has 2 rings (SSSR count). The van der Waals surface area contributed by atoms with E-state index in [1.165, 1.54) is 29.2 Å². The Morgan fingerprint density at radius 1 is 1.08 bits per heavy atom. The quantitative estimate of drug-likeness (QED) is 0.721. The van der Waals surface area contributed by atoms with Crippen LogP contribution in [-0.2, 0) is 14.8 Å². The highest BCUT2D eigenvalue weighted by Crippen LogP contribution is 2.21. The fourth-order valence-electron chi connectivity index (χ4n) is 2.33. The van der Waals surface area contributed by atoms with E-state index in [0.717, 1.165) is 4.31 Å². The highest BCUT2D eigenvalue weighted by Gasteiger charge is 2.26. The third-order valence-electron chi connectivity index (χ3n) is 3.95. The topological polar surface area (TPSA) is 66.9 Å². The molecule has 0 spiro atoms. The number of benzene rings is 2. The minimum Gasteiger partial charge on any atom is -0.497 e. The molecule has 2 aromatic carbocycles. The number of rotatable bonds is 7. The van der Waals surface area contributed by atoms with E-state index in [9.17, 15) is 13.2 Å². The van der Waals surface area contributed by atoms with Crippen LogP contribution in [0.15, 0.2) is 53.4 Å². The molecule has 0 aliphatic carbocycles. The zero-order valence-electron chi connectivity index (χ0n) is 14.8. The lowest BCUT2D eigenvalue weighted by atomic mass is 10.3. The summed E-state index contributed by atoms with van der Waals surface area (Å²) in [5.74, 6) is 0.338. The van der Waals surface area contributed by atoms with Gasteiger partial charge in [0.15, 0.2) is 0 Å². The predicted molar refractivity (Wildman–Crippen MR) is 102 cm³/mol. The van der Waals surface area contributed by atoms with E-state index < -0.39 is 10.0 Å². The number of amides is 1. The van der Waals surface area contributed by atoms with Crippen molar-refractivity contribution in [3.63, 3.8) is 0 Å². The van der Waals surface area contributed by atoms with Gasteiger partial charge in [0.1, 0.15) is 5.75 Å². The summed E-state index contributed by atoms with van der Waals surface area (Å²) >= 11 is 5.81. The molecule has 6 nitrogen and oxygen atoms in total. The van der Waals surface area contributed by atoms with Gasteiger partial charge in [-0.15, -0.1) is 0 Å². The Labute approximate surface area is 159 Å². The minimum atomic E-state index is -3.78. The Morgan fingerprint density at radius 2 is 1.65 bits per heavy atom. The van der Waals surface area contributed by atoms with Gasteiger partial charge in [0.25, 0.3) is 0 Å². The predicted octanol–water partition coefficient (Wildman–Crippen LogP) is 3.02. The number of sulfonamides is 1. The molecule has 0 atom stereocenters. The molecule has 140 valence electrons. The Morgan fingerprint density at radius 3 is 2.15 bits per heavy atom. The number of ether oxygens (including phenoxy) is 1. The van der Waals surface area contributed by atoms with Gasteiger partial charge in [-0.2, -0.15) is 4.31 Å². The number of nitrogens with zero attached hydrogens (tertiary/aromatic N) is 2. The summed E-state index contributed by atoms with van der Waals surface area (Å²) in [6.07, 6.45) is 0. The number of likely N-dealkylation sites (N-methyl/N-ethyl adjacent to an activating group) is 2. The smallest absolute Gasteiger partial charge is 0.243 e. The van der Waals surface area contributed by atoms with E-state index >= 15 is 0 Å². The molecule has 0 aromatic heterocycles. The summed E-state index contributed by atoms with van der Waals surface area (Å²) in [4.78, 5) is 14.1. The number of hydrogen-bond acceptors (Lipinski definition) is 4. The number of anilines is 1. The summed E-state index contributed by atoms with van der Waals surface area (Å²) in [6, 6.07) is 12.8. The Kier molecular flexibility index (Phi) is 6.63. The number of carbonyl (C=O) groups is 1. The normalized spacial score (nSPS) is 11.4. The van der Waals surface area contributed by atoms with Crippen LogP contribution in [0.4, 0.5) is 5.69 Å². The van der Waals surface area contributed by atoms with Crippen LogP contribution in [0.3, 0.4) is 0 Å². The first-order valence-corrected chi connectivity index (χ1v) is 9.77. The third kappa shape index (κ3) is 4.55. The zero-order valence-corrected chi connectivity index (χ0v) is 16.4. The van der Waals surface area contributed by atoms with E-state index in [-0.39, 0.29) is 23.9 Å². The van der Waals surface area contributed by atoms with Crippen LogP contribution < -0.4 is 9.64 Å². The average molecular weight is 397 g/mol. The van der Waals surface area contributed by atoms with Crippen molar-refractivity contribution in [2.24, 2.45) is 0 Å². The Balaban J connectivity index is 2.17. The van der Waals surface area contributed by atoms with Crippen molar-refractivity contribution in [2.45, 2.75) is 11.8 Å². The SMILES string of the molecule is CCN(CC(=O)N(C)c1ccc(OC)cc1)S(=O)(=O)c1ccc(Cl)cc1. The fourth-order valence-corrected chi connectivity index (χ4v) is 3.85. The standard InChI is InChI=1S/C18H21ClN2O4S/c1-4-21(26(23,24)17-11-5-14(19)6-12-17)13-18(22)20(2)15-7-9-16(25-3)10-8-15/h5-12H,4,13H2,1-3H3. The Bertz CT molecular complexity index is 852. The number of hydrogen-bond donors (Lipinski definition) is 0. The second kappa shape index (κ2) is 8.53. The van der Waals surface area contributed by atoms with Crippen LogP contribution in [0.5, 0.6) is 5.75 Å². The molecule has 0 heterocycles. The second-order valence-electron chi connectivity index (χ2n) is 5.54. The molecule has 0 saturated heterocycles. The summed E-state index contributed by atoms with van der Waals surface area (Å²) in [5, 5.41) is 0.447. The van der Waals surface area contributed by atoms with Gasteiger partial charge in [0.2, 0.25) is 15.9 Å². The van der Waals surface area contributed by atoms with E-state index in [4.69, 9.17) is 16.3 Å². The minimum absolute atomic E-state index is 0.101. The number of carbonyl (C=O) groups excluding carboxylic acids is 1. The lowest BCUT2D eigenvalue weighted by Crippen LogP contribution is -2.41. The zero-order chi connectivity index (χ0) is 19.3. The maximum absolute atomic E-state index is 12.7. The summed E-state index contributed by atoms with van der Waals surface area (Å²) in [5.41, 5.74) is 0.649. The van der Waals surface area contributed by atoms with E-state index in [1.807, 2.05) is 0 Å². The van der Waals surface area contributed by atoms with Crippen LogP contribution in [0.2, 0.25) is 5.02 Å². The van der Waals surface area contributed by atoms with Gasteiger partial charge in [-0.05, 0) is 48.5 Å². The van der Waals surface area contributed by atoms with Crippen molar-refractivity contribution in [3.05, 3.63) is 53.6 Å². The molecule has 1 amide bonds. The molecular formula is C18H21ClN2O4S. The highest BCUT2D eigenvalue weighted by molar-refractivity contribution is 7.89. The number of methoxy groups -OCH3 is 1. The van der Waals surface area contributed by atoms with Crippen LogP contribution in [0, 0.1) is 0 Å². The molecule has 0 saturated carbocycles. The van der Waals surface area contributed by atoms with Crippen LogP contribution >= 0.6 is 11.6 Å². The molecule has 2 aromatic rings. The largest absolute Gasteiger partial charge is 0.497 e. The summed E-state index contributed by atoms with van der Waals surface area (Å²) < 4.78 is 31.7. The van der Waals surface area contributed by atoms with Gasteiger partial charge >= 0.3 is 0 Å². The van der Waals surface area contributed by atoms with Gasteiger partial charge in [-0.3, -0.25) is 4.79 Å². The molecule has 0 radical (unpaired) electrons. The average Bonchev–Trinajstić information content (AvgIpc) is 2.65. The summed E-state index contributed by atoms with van der Waals surface area (Å²) in [6.45, 7) is 1.60. The second-order valence-corrected chi connectivity index (χ2v) is 7.91. The lowest BCUT2D eigenvalue weighted by Gasteiger charge is -2.24. The van der Waals surface area contributed by atoms with Crippen LogP contribution in [0.1, 0.15) is 6.92 Å². The van der Waals surface area contributed by atoms with Gasteiger partial charge in [-0.25, -0.2) is 8.42 Å². The fraction of sp³-hybridized carbons (Fsp3) is 0.278. The molecule has 0 aliphatic rings. The number of halogens is 1. The van der Waals surface area contributed by atoms with Gasteiger partial charge in [-0.1, -0.05) is 18.5 Å². The molecule has 0 unspecified atom stereocenters. The first-order chi connectivity index (χ1) is 12.3. The first-order valence-electron chi connectivity index (χ1n) is 7.96. The van der Waals surface area contributed by atoms with Crippen molar-refractivity contribution in [2.75, 3.05) is 32.1 Å². The van der Waals surface area contributed by atoms with Gasteiger partial charge in [0.05, 0.1) is 18.6 Å². The molecule has 8 heteroatoms. The van der Waals surface area contributed by atoms with Crippen molar-refractivity contribution >= 4 is 33.2 Å². The van der Waals surface area contributed by atoms with Crippen molar-refractivity contribution in [1.82, 2.24) is 4.31 Å². The molecule has 0 fully saturated rings. The molecule has 0 N–H and O–H groups in total. The first kappa shape index (κ1) is 20.2. The Hall–Kier alpha value is -2.09.